The van der Waals surface area contributed by atoms with Gasteiger partial charge in [-0.2, -0.15) is 0 Å². The van der Waals surface area contributed by atoms with Gasteiger partial charge < -0.3 is 10.4 Å². The highest BCUT2D eigenvalue weighted by molar-refractivity contribution is 6.48. The van der Waals surface area contributed by atoms with Gasteiger partial charge in [0.05, 0.1) is 27.2 Å². The maximum atomic E-state index is 12.1. The molecule has 1 amide bonds. The molecule has 7 heteroatoms. The van der Waals surface area contributed by atoms with Crippen molar-refractivity contribution in [1.82, 2.24) is 10.3 Å². The SMILES string of the molecule is O=C(NC1CCCCC1O)c1ncc(Cl)c(Cl)c1Cl. The Hall–Kier alpha value is -0.550. The van der Waals surface area contributed by atoms with E-state index in [0.29, 0.717) is 6.42 Å². The highest BCUT2D eigenvalue weighted by Gasteiger charge is 2.26. The van der Waals surface area contributed by atoms with Crippen LogP contribution >= 0.6 is 34.8 Å². The minimum absolute atomic E-state index is 0.0221. The average Bonchev–Trinajstić information content (AvgIpc) is 2.39. The normalized spacial score (nSPS) is 23.2. The summed E-state index contributed by atoms with van der Waals surface area (Å²) >= 11 is 17.6. The summed E-state index contributed by atoms with van der Waals surface area (Å²) in [6.07, 6.45) is 4.13. The summed E-state index contributed by atoms with van der Waals surface area (Å²) in [5.74, 6) is -0.450. The average molecular weight is 324 g/mol. The molecule has 0 spiro atoms. The van der Waals surface area contributed by atoms with Gasteiger partial charge in [-0.05, 0) is 12.8 Å². The van der Waals surface area contributed by atoms with Crippen LogP contribution in [0.2, 0.25) is 15.1 Å². The minimum Gasteiger partial charge on any atom is -0.391 e. The molecule has 1 saturated carbocycles. The number of amides is 1. The first-order chi connectivity index (χ1) is 9.00. The van der Waals surface area contributed by atoms with Crippen LogP contribution in [0.5, 0.6) is 0 Å². The standard InChI is InChI=1S/C12H13Cl3N2O2/c13-6-5-16-11(10(15)9(6)14)12(19)17-7-3-1-2-4-8(7)18/h5,7-8,18H,1-4H2,(H,17,19). The Morgan fingerprint density at radius 3 is 2.63 bits per heavy atom. The van der Waals surface area contributed by atoms with Crippen molar-refractivity contribution in [2.75, 3.05) is 0 Å². The van der Waals surface area contributed by atoms with Crippen LogP contribution in [-0.2, 0) is 0 Å². The van der Waals surface area contributed by atoms with Gasteiger partial charge in [-0.25, -0.2) is 4.98 Å². The van der Waals surface area contributed by atoms with E-state index in [1.54, 1.807) is 0 Å². The van der Waals surface area contributed by atoms with E-state index < -0.39 is 12.0 Å². The Morgan fingerprint density at radius 1 is 1.26 bits per heavy atom. The number of aromatic nitrogens is 1. The van der Waals surface area contributed by atoms with Crippen molar-refractivity contribution in [2.24, 2.45) is 0 Å². The topological polar surface area (TPSA) is 62.2 Å². The summed E-state index contributed by atoms with van der Waals surface area (Å²) in [5.41, 5.74) is 0.0221. The van der Waals surface area contributed by atoms with Gasteiger partial charge in [-0.3, -0.25) is 4.79 Å². The highest BCUT2D eigenvalue weighted by Crippen LogP contribution is 2.31. The zero-order valence-corrected chi connectivity index (χ0v) is 12.3. The first-order valence-corrected chi connectivity index (χ1v) is 7.12. The molecule has 0 aliphatic heterocycles. The number of hydrogen-bond acceptors (Lipinski definition) is 3. The molecule has 2 unspecified atom stereocenters. The Labute approximate surface area is 126 Å². The van der Waals surface area contributed by atoms with Crippen LogP contribution in [0.15, 0.2) is 6.20 Å². The second-order valence-electron chi connectivity index (χ2n) is 4.51. The monoisotopic (exact) mass is 322 g/mol. The summed E-state index contributed by atoms with van der Waals surface area (Å²) < 4.78 is 0. The summed E-state index contributed by atoms with van der Waals surface area (Å²) in [4.78, 5) is 16.0. The van der Waals surface area contributed by atoms with Crippen LogP contribution in [0.1, 0.15) is 36.2 Å². The lowest BCUT2D eigenvalue weighted by atomic mass is 9.92. The predicted octanol–water partition coefficient (Wildman–Crippen LogP) is 3.08. The lowest BCUT2D eigenvalue weighted by Gasteiger charge is -2.28. The Bertz CT molecular complexity index is 496. The van der Waals surface area contributed by atoms with E-state index in [0.717, 1.165) is 19.3 Å². The second-order valence-corrected chi connectivity index (χ2v) is 5.68. The van der Waals surface area contributed by atoms with E-state index in [9.17, 15) is 9.90 Å². The molecule has 0 radical (unpaired) electrons. The van der Waals surface area contributed by atoms with E-state index >= 15 is 0 Å². The van der Waals surface area contributed by atoms with Crippen molar-refractivity contribution >= 4 is 40.7 Å². The van der Waals surface area contributed by atoms with Crippen molar-refractivity contribution in [2.45, 2.75) is 37.8 Å². The lowest BCUT2D eigenvalue weighted by molar-refractivity contribution is 0.0714. The molecule has 0 bridgehead atoms. The molecular weight excluding hydrogens is 311 g/mol. The molecule has 1 heterocycles. The summed E-state index contributed by atoms with van der Waals surface area (Å²) in [7, 11) is 0. The van der Waals surface area contributed by atoms with Crippen LogP contribution in [0.25, 0.3) is 0 Å². The zero-order valence-electron chi connectivity index (χ0n) is 10.00. The summed E-state index contributed by atoms with van der Waals surface area (Å²) in [5, 5.41) is 12.9. The minimum atomic E-state index is -0.528. The summed E-state index contributed by atoms with van der Waals surface area (Å²) in [6, 6.07) is -0.270. The maximum Gasteiger partial charge on any atom is 0.271 e. The van der Waals surface area contributed by atoms with Gasteiger partial charge in [0.2, 0.25) is 0 Å². The van der Waals surface area contributed by atoms with Gasteiger partial charge in [0.25, 0.3) is 5.91 Å². The third kappa shape index (κ3) is 3.31. The van der Waals surface area contributed by atoms with E-state index in [2.05, 4.69) is 10.3 Å². The van der Waals surface area contributed by atoms with Crippen LogP contribution in [-0.4, -0.2) is 28.1 Å². The van der Waals surface area contributed by atoms with Crippen LogP contribution in [0, 0.1) is 0 Å². The van der Waals surface area contributed by atoms with Gasteiger partial charge in [-0.15, -0.1) is 0 Å². The molecule has 1 aliphatic rings. The van der Waals surface area contributed by atoms with Crippen molar-refractivity contribution < 1.29 is 9.90 Å². The number of aliphatic hydroxyl groups is 1. The number of pyridine rings is 1. The summed E-state index contributed by atoms with van der Waals surface area (Å²) in [6.45, 7) is 0. The van der Waals surface area contributed by atoms with Crippen LogP contribution in [0.4, 0.5) is 0 Å². The van der Waals surface area contributed by atoms with E-state index in [1.807, 2.05) is 0 Å². The Kier molecular flexibility index (Phi) is 4.90. The maximum absolute atomic E-state index is 12.1. The number of nitrogens with zero attached hydrogens (tertiary/aromatic N) is 1. The third-order valence-electron chi connectivity index (χ3n) is 3.18. The van der Waals surface area contributed by atoms with E-state index in [-0.39, 0.29) is 26.8 Å². The van der Waals surface area contributed by atoms with Gasteiger partial charge in [0.1, 0.15) is 5.69 Å². The van der Waals surface area contributed by atoms with Crippen molar-refractivity contribution in [3.05, 3.63) is 27.0 Å². The Morgan fingerprint density at radius 2 is 1.95 bits per heavy atom. The second kappa shape index (κ2) is 6.27. The molecular formula is C12H13Cl3N2O2. The smallest absolute Gasteiger partial charge is 0.271 e. The molecule has 1 aromatic heterocycles. The Balaban J connectivity index is 2.14. The number of aliphatic hydroxyl groups excluding tert-OH is 1. The lowest BCUT2D eigenvalue weighted by Crippen LogP contribution is -2.45. The molecule has 2 atom stereocenters. The van der Waals surface area contributed by atoms with Gasteiger partial charge in [0, 0.05) is 6.20 Å². The van der Waals surface area contributed by atoms with Crippen LogP contribution < -0.4 is 5.32 Å². The quantitative estimate of drug-likeness (QED) is 0.879. The molecule has 1 aliphatic carbocycles. The molecule has 0 aromatic carbocycles. The van der Waals surface area contributed by atoms with E-state index in [4.69, 9.17) is 34.8 Å². The van der Waals surface area contributed by atoms with E-state index in [1.165, 1.54) is 6.20 Å². The number of carbonyl (C=O) groups is 1. The molecule has 1 aromatic rings. The number of rotatable bonds is 2. The largest absolute Gasteiger partial charge is 0.391 e. The van der Waals surface area contributed by atoms with Gasteiger partial charge >= 0.3 is 0 Å². The number of carbonyl (C=O) groups excluding carboxylic acids is 1. The van der Waals surface area contributed by atoms with Crippen molar-refractivity contribution in [1.29, 1.82) is 0 Å². The first-order valence-electron chi connectivity index (χ1n) is 5.99. The molecule has 19 heavy (non-hydrogen) atoms. The van der Waals surface area contributed by atoms with Crippen molar-refractivity contribution in [3.8, 4) is 0 Å². The fourth-order valence-corrected chi connectivity index (χ4v) is 2.68. The number of nitrogens with one attached hydrogen (secondary N) is 1. The molecule has 4 nitrogen and oxygen atoms in total. The third-order valence-corrected chi connectivity index (χ3v) is 4.42. The van der Waals surface area contributed by atoms with Gasteiger partial charge in [-0.1, -0.05) is 47.6 Å². The molecule has 2 N–H and O–H groups in total. The predicted molar refractivity (Wildman–Crippen MR) is 75.0 cm³/mol. The molecule has 0 saturated heterocycles. The number of halogens is 3. The number of hydrogen-bond donors (Lipinski definition) is 2. The fraction of sp³-hybridized carbons (Fsp3) is 0.500. The van der Waals surface area contributed by atoms with Crippen molar-refractivity contribution in [3.63, 3.8) is 0 Å². The van der Waals surface area contributed by atoms with Crippen LogP contribution in [0.3, 0.4) is 0 Å². The highest BCUT2D eigenvalue weighted by atomic mass is 35.5. The first kappa shape index (κ1) is 14.9. The molecule has 104 valence electrons. The van der Waals surface area contributed by atoms with Gasteiger partial charge in [0.15, 0.2) is 0 Å². The molecule has 1 fully saturated rings. The molecule has 2 rings (SSSR count). The zero-order chi connectivity index (χ0) is 14.0. The fourth-order valence-electron chi connectivity index (χ4n) is 2.12.